The Labute approximate surface area is 212 Å². The number of piperazine rings is 1. The van der Waals surface area contributed by atoms with Crippen molar-refractivity contribution < 1.29 is 4.79 Å². The Hall–Kier alpha value is -3.20. The molecule has 1 unspecified atom stereocenters. The van der Waals surface area contributed by atoms with Gasteiger partial charge in [0.25, 0.3) is 5.56 Å². The number of amides is 1. The second-order valence-electron chi connectivity index (χ2n) is 10.8. The van der Waals surface area contributed by atoms with Crippen LogP contribution in [0, 0.1) is 0 Å². The van der Waals surface area contributed by atoms with Crippen LogP contribution in [0.1, 0.15) is 58.5 Å². The average molecular weight is 495 g/mol. The molecule has 4 rings (SSSR count). The van der Waals surface area contributed by atoms with Crippen molar-refractivity contribution in [1.82, 2.24) is 28.5 Å². The lowest BCUT2D eigenvalue weighted by Crippen LogP contribution is -2.51. The summed E-state index contributed by atoms with van der Waals surface area (Å²) in [5, 5.41) is 0. The van der Waals surface area contributed by atoms with E-state index < -0.39 is 11.7 Å². The summed E-state index contributed by atoms with van der Waals surface area (Å²) in [5.41, 5.74) is 0.466. The summed E-state index contributed by atoms with van der Waals surface area (Å²) in [4.78, 5) is 49.9. The maximum absolute atomic E-state index is 13.8. The molecular formula is C27H38N6O3. The number of nitrogens with zero attached hydrogens (tertiary/aromatic N) is 6. The predicted molar refractivity (Wildman–Crippen MR) is 142 cm³/mol. The number of carbonyl (C=O) groups is 1. The van der Waals surface area contributed by atoms with E-state index in [1.165, 1.54) is 9.13 Å². The van der Waals surface area contributed by atoms with Gasteiger partial charge in [0, 0.05) is 44.7 Å². The molecule has 1 atom stereocenters. The molecule has 1 aliphatic heterocycles. The van der Waals surface area contributed by atoms with E-state index in [1.807, 2.05) is 74.5 Å². The van der Waals surface area contributed by atoms with E-state index in [9.17, 15) is 14.4 Å². The summed E-state index contributed by atoms with van der Waals surface area (Å²) in [5.74, 6) is 0.586. The molecule has 9 nitrogen and oxygen atoms in total. The van der Waals surface area contributed by atoms with E-state index in [0.29, 0.717) is 37.4 Å². The smallest absolute Gasteiger partial charge is 0.333 e. The predicted octanol–water partition coefficient (Wildman–Crippen LogP) is 2.45. The normalized spacial score (nSPS) is 16.0. The number of aromatic nitrogens is 4. The van der Waals surface area contributed by atoms with Crippen LogP contribution in [0.4, 0.5) is 0 Å². The molecule has 2 aromatic heterocycles. The Kier molecular flexibility index (Phi) is 7.22. The van der Waals surface area contributed by atoms with Crippen molar-refractivity contribution in [3.8, 4) is 0 Å². The molecule has 0 spiro atoms. The summed E-state index contributed by atoms with van der Waals surface area (Å²) in [6.45, 7) is 13.3. The van der Waals surface area contributed by atoms with E-state index in [0.717, 1.165) is 18.7 Å². The number of benzene rings is 1. The lowest BCUT2D eigenvalue weighted by atomic mass is 9.95. The monoisotopic (exact) mass is 494 g/mol. The Morgan fingerprint density at radius 2 is 1.67 bits per heavy atom. The largest absolute Gasteiger partial charge is 0.338 e. The van der Waals surface area contributed by atoms with Crippen LogP contribution in [-0.4, -0.2) is 67.6 Å². The third kappa shape index (κ3) is 4.76. The first-order chi connectivity index (χ1) is 17.0. The third-order valence-corrected chi connectivity index (χ3v) is 6.92. The molecule has 3 aromatic rings. The average Bonchev–Trinajstić information content (AvgIpc) is 3.22. The molecule has 1 aromatic carbocycles. The van der Waals surface area contributed by atoms with Crippen molar-refractivity contribution in [3.05, 3.63) is 62.6 Å². The molecule has 194 valence electrons. The number of fused-ring (bicyclic) bond motifs is 1. The highest BCUT2D eigenvalue weighted by molar-refractivity contribution is 5.82. The van der Waals surface area contributed by atoms with Crippen molar-refractivity contribution in [2.75, 3.05) is 33.2 Å². The quantitative estimate of drug-likeness (QED) is 0.526. The Morgan fingerprint density at radius 1 is 1.03 bits per heavy atom. The molecule has 3 heterocycles. The van der Waals surface area contributed by atoms with E-state index in [1.54, 1.807) is 6.92 Å². The number of imidazole rings is 1. The van der Waals surface area contributed by atoms with Crippen LogP contribution < -0.4 is 11.2 Å². The van der Waals surface area contributed by atoms with Crippen molar-refractivity contribution >= 4 is 17.1 Å². The van der Waals surface area contributed by atoms with Gasteiger partial charge in [-0.15, -0.1) is 0 Å². The van der Waals surface area contributed by atoms with Gasteiger partial charge in [-0.3, -0.25) is 18.7 Å². The second kappa shape index (κ2) is 10.0. The molecule has 36 heavy (non-hydrogen) atoms. The lowest BCUT2D eigenvalue weighted by Gasteiger charge is -2.34. The topological polar surface area (TPSA) is 85.4 Å². The molecule has 0 N–H and O–H groups in total. The van der Waals surface area contributed by atoms with Crippen LogP contribution in [0.3, 0.4) is 0 Å². The molecule has 0 aliphatic carbocycles. The molecule has 9 heteroatoms. The first kappa shape index (κ1) is 25.9. The molecule has 0 radical (unpaired) electrons. The van der Waals surface area contributed by atoms with E-state index >= 15 is 0 Å². The van der Waals surface area contributed by atoms with Gasteiger partial charge in [-0.1, -0.05) is 58.0 Å². The first-order valence-electron chi connectivity index (χ1n) is 12.8. The van der Waals surface area contributed by atoms with Gasteiger partial charge in [0.2, 0.25) is 5.91 Å². The van der Waals surface area contributed by atoms with Crippen LogP contribution in [-0.2, 0) is 23.3 Å². The van der Waals surface area contributed by atoms with Gasteiger partial charge in [0.15, 0.2) is 11.2 Å². The van der Waals surface area contributed by atoms with Gasteiger partial charge in [-0.05, 0) is 26.0 Å². The fourth-order valence-corrected chi connectivity index (χ4v) is 4.92. The van der Waals surface area contributed by atoms with Gasteiger partial charge >= 0.3 is 5.69 Å². The third-order valence-electron chi connectivity index (χ3n) is 6.92. The van der Waals surface area contributed by atoms with Crippen LogP contribution in [0.25, 0.3) is 11.2 Å². The van der Waals surface area contributed by atoms with Gasteiger partial charge in [-0.25, -0.2) is 9.78 Å². The van der Waals surface area contributed by atoms with Crippen molar-refractivity contribution in [1.29, 1.82) is 0 Å². The first-order valence-corrected chi connectivity index (χ1v) is 12.8. The number of hydrogen-bond donors (Lipinski definition) is 0. The molecule has 1 saturated heterocycles. The summed E-state index contributed by atoms with van der Waals surface area (Å²) < 4.78 is 4.65. The van der Waals surface area contributed by atoms with Crippen molar-refractivity contribution in [2.24, 2.45) is 0 Å². The summed E-state index contributed by atoms with van der Waals surface area (Å²) in [6.07, 6.45) is 0.625. The molecule has 0 bridgehead atoms. The van der Waals surface area contributed by atoms with E-state index in [2.05, 4.69) is 4.90 Å². The van der Waals surface area contributed by atoms with E-state index in [4.69, 9.17) is 4.98 Å². The van der Waals surface area contributed by atoms with Crippen LogP contribution in [0.5, 0.6) is 0 Å². The fourth-order valence-electron chi connectivity index (χ4n) is 4.92. The zero-order valence-corrected chi connectivity index (χ0v) is 22.3. The van der Waals surface area contributed by atoms with Gasteiger partial charge < -0.3 is 14.4 Å². The minimum absolute atomic E-state index is 0.122. The standard InChI is InChI=1S/C27H38N6O3/c1-7-13-31-24(35)21-22(28-25(27(3,4)5)32(21)18-20-11-9-8-10-12-20)33(26(31)36)19(2)23(34)30-16-14-29(6)15-17-30/h8-12,19H,7,13-18H2,1-6H3. The fraction of sp³-hybridized carbons (Fsp3) is 0.556. The Bertz CT molecular complexity index is 1350. The van der Waals surface area contributed by atoms with Crippen LogP contribution >= 0.6 is 0 Å². The van der Waals surface area contributed by atoms with Crippen LogP contribution in [0.2, 0.25) is 0 Å². The SMILES string of the molecule is CCCn1c(=O)c2c(nc(C(C)(C)C)n2Cc2ccccc2)n(C(C)C(=O)N2CCN(C)CC2)c1=O. The number of rotatable bonds is 6. The van der Waals surface area contributed by atoms with Gasteiger partial charge in [-0.2, -0.15) is 0 Å². The molecule has 0 saturated carbocycles. The maximum atomic E-state index is 13.8. The van der Waals surface area contributed by atoms with Crippen molar-refractivity contribution in [2.45, 2.75) is 65.6 Å². The minimum Gasteiger partial charge on any atom is -0.338 e. The minimum atomic E-state index is -0.778. The molecular weight excluding hydrogens is 456 g/mol. The van der Waals surface area contributed by atoms with Crippen LogP contribution in [0.15, 0.2) is 39.9 Å². The van der Waals surface area contributed by atoms with E-state index in [-0.39, 0.29) is 29.1 Å². The summed E-state index contributed by atoms with van der Waals surface area (Å²) in [7, 11) is 2.04. The zero-order valence-electron chi connectivity index (χ0n) is 22.3. The summed E-state index contributed by atoms with van der Waals surface area (Å²) >= 11 is 0. The summed E-state index contributed by atoms with van der Waals surface area (Å²) in [6, 6.07) is 9.13. The molecule has 1 aliphatic rings. The second-order valence-corrected chi connectivity index (χ2v) is 10.8. The van der Waals surface area contributed by atoms with Crippen molar-refractivity contribution in [3.63, 3.8) is 0 Å². The lowest BCUT2D eigenvalue weighted by molar-refractivity contribution is -0.135. The highest BCUT2D eigenvalue weighted by Gasteiger charge is 2.32. The number of carbonyl (C=O) groups excluding carboxylic acids is 1. The zero-order chi connectivity index (χ0) is 26.2. The van der Waals surface area contributed by atoms with Gasteiger partial charge in [0.05, 0.1) is 0 Å². The molecule has 1 amide bonds. The Balaban J connectivity index is 1.96. The molecule has 1 fully saturated rings. The maximum Gasteiger partial charge on any atom is 0.333 e. The highest BCUT2D eigenvalue weighted by Crippen LogP contribution is 2.27. The number of hydrogen-bond acceptors (Lipinski definition) is 5. The van der Waals surface area contributed by atoms with Gasteiger partial charge in [0.1, 0.15) is 11.9 Å². The Morgan fingerprint density at radius 3 is 2.25 bits per heavy atom. The number of likely N-dealkylation sites (N-methyl/N-ethyl adjacent to an activating group) is 1. The highest BCUT2D eigenvalue weighted by atomic mass is 16.2.